The van der Waals surface area contributed by atoms with Crippen LogP contribution in [0.4, 0.5) is 0 Å². The maximum Gasteiger partial charge on any atom is 0.319 e. The van der Waals surface area contributed by atoms with Gasteiger partial charge < -0.3 is 4.43 Å². The first-order valence-corrected chi connectivity index (χ1v) is 4.26. The number of hydrogen-bond acceptors (Lipinski definition) is 2. The van der Waals surface area contributed by atoms with E-state index in [-0.39, 0.29) is 5.97 Å². The van der Waals surface area contributed by atoms with Gasteiger partial charge in [-0.05, 0) is 13.3 Å². The Balaban J connectivity index is 0. The third-order valence-electron chi connectivity index (χ3n) is 0.823. The van der Waals surface area contributed by atoms with Crippen molar-refractivity contribution in [2.45, 2.75) is 20.3 Å². The molecule has 0 aromatic carbocycles. The van der Waals surface area contributed by atoms with E-state index < -0.39 is 0 Å². The van der Waals surface area contributed by atoms with E-state index in [4.69, 9.17) is 0 Å². The number of hydrogen-bond donors (Lipinski definition) is 0. The molecular weight excluding hydrogens is 156 g/mol. The quantitative estimate of drug-likeness (QED) is 0.352. The Morgan fingerprint density at radius 2 is 2.09 bits per heavy atom. The first-order valence-electron chi connectivity index (χ1n) is 3.44. The molecule has 2 nitrogen and oxygen atoms in total. The van der Waals surface area contributed by atoms with Gasteiger partial charge in [-0.2, -0.15) is 0 Å². The molecule has 0 aliphatic carbocycles. The molecule has 0 rings (SSSR count). The van der Waals surface area contributed by atoms with Crippen molar-refractivity contribution in [2.75, 3.05) is 0 Å². The summed E-state index contributed by atoms with van der Waals surface area (Å²) < 4.78 is 4.41. The zero-order chi connectivity index (χ0) is 9.28. The lowest BCUT2D eigenvalue weighted by molar-refractivity contribution is -0.129. The zero-order valence-electron chi connectivity index (χ0n) is 7.52. The maximum absolute atomic E-state index is 10.2. The smallest absolute Gasteiger partial charge is 0.319 e. The van der Waals surface area contributed by atoms with Gasteiger partial charge in [0.1, 0.15) is 0 Å². The number of rotatable bonds is 2. The minimum atomic E-state index is -0.285. The Hall–Kier alpha value is -0.833. The van der Waals surface area contributed by atoms with Gasteiger partial charge in [-0.25, -0.2) is 4.79 Å². The van der Waals surface area contributed by atoms with E-state index in [1.165, 1.54) is 0 Å². The van der Waals surface area contributed by atoms with E-state index in [2.05, 4.69) is 24.5 Å². The molecule has 0 N–H and O–H groups in total. The second-order valence-electron chi connectivity index (χ2n) is 1.97. The summed E-state index contributed by atoms with van der Waals surface area (Å²) in [4.78, 5) is 10.2. The first kappa shape index (κ1) is 12.8. The molecular formula is C8H16O2Si. The minimum Gasteiger partial charge on any atom is -0.526 e. The molecule has 0 heterocycles. The Morgan fingerprint density at radius 3 is 2.09 bits per heavy atom. The third kappa shape index (κ3) is 12.4. The summed E-state index contributed by atoms with van der Waals surface area (Å²) in [5.74, 6) is -0.285. The van der Waals surface area contributed by atoms with Gasteiger partial charge in [0.25, 0.3) is 0 Å². The summed E-state index contributed by atoms with van der Waals surface area (Å²) in [5.41, 5.74) is 0.468. The van der Waals surface area contributed by atoms with Crippen LogP contribution in [0, 0.1) is 0 Å². The molecule has 0 atom stereocenters. The lowest BCUT2D eigenvalue weighted by Crippen LogP contribution is -2.00. The van der Waals surface area contributed by atoms with Crippen molar-refractivity contribution < 1.29 is 9.22 Å². The highest BCUT2D eigenvalue weighted by atomic mass is 28.2. The SMILES string of the molecule is C=C(C)C(=O)O[SiH3].C=CCC. The van der Waals surface area contributed by atoms with Crippen molar-refractivity contribution in [3.63, 3.8) is 0 Å². The predicted molar refractivity (Wildman–Crippen MR) is 51.3 cm³/mol. The Bertz CT molecular complexity index is 141. The van der Waals surface area contributed by atoms with Gasteiger partial charge in [-0.1, -0.05) is 19.6 Å². The second-order valence-corrected chi connectivity index (χ2v) is 2.38. The molecule has 0 aliphatic rings. The summed E-state index contributed by atoms with van der Waals surface area (Å²) >= 11 is 0. The number of carbonyl (C=O) groups is 1. The van der Waals surface area contributed by atoms with Crippen LogP contribution in [0.25, 0.3) is 0 Å². The van der Waals surface area contributed by atoms with Gasteiger partial charge in [0.15, 0.2) is 0 Å². The highest BCUT2D eigenvalue weighted by Gasteiger charge is 1.94. The van der Waals surface area contributed by atoms with Crippen LogP contribution in [0.15, 0.2) is 24.8 Å². The Morgan fingerprint density at radius 1 is 1.73 bits per heavy atom. The van der Waals surface area contributed by atoms with E-state index in [1.54, 1.807) is 6.92 Å². The van der Waals surface area contributed by atoms with Crippen molar-refractivity contribution in [2.24, 2.45) is 0 Å². The van der Waals surface area contributed by atoms with Crippen molar-refractivity contribution in [3.05, 3.63) is 24.8 Å². The van der Waals surface area contributed by atoms with Crippen LogP contribution in [-0.2, 0) is 9.22 Å². The first-order chi connectivity index (χ1) is 5.09. The van der Waals surface area contributed by atoms with Gasteiger partial charge >= 0.3 is 5.97 Å². The highest BCUT2D eigenvalue weighted by Crippen LogP contribution is 1.86. The number of allylic oxidation sites excluding steroid dienone is 1. The number of carbonyl (C=O) groups excluding carboxylic acids is 1. The molecule has 64 valence electrons. The third-order valence-corrected chi connectivity index (χ3v) is 1.19. The normalized spacial score (nSPS) is 7.45. The molecule has 0 aromatic rings. The molecule has 11 heavy (non-hydrogen) atoms. The van der Waals surface area contributed by atoms with Gasteiger partial charge in [-0.3, -0.25) is 0 Å². The fraction of sp³-hybridized carbons (Fsp3) is 0.375. The lowest BCUT2D eigenvalue weighted by atomic mass is 10.4. The summed E-state index contributed by atoms with van der Waals surface area (Å²) in [6.45, 7) is 10.5. The molecule has 0 spiro atoms. The average Bonchev–Trinajstić information content (AvgIpc) is 2.03. The van der Waals surface area contributed by atoms with Crippen LogP contribution in [-0.4, -0.2) is 16.5 Å². The highest BCUT2D eigenvalue weighted by molar-refractivity contribution is 6.08. The van der Waals surface area contributed by atoms with Gasteiger partial charge in [0.05, 0.1) is 0 Å². The predicted octanol–water partition coefficient (Wildman–Crippen LogP) is 0.969. The topological polar surface area (TPSA) is 26.3 Å². The fourth-order valence-corrected chi connectivity index (χ4v) is 0.523. The molecule has 0 bridgehead atoms. The van der Waals surface area contributed by atoms with Crippen LogP contribution < -0.4 is 0 Å². The van der Waals surface area contributed by atoms with E-state index in [9.17, 15) is 4.79 Å². The van der Waals surface area contributed by atoms with Crippen LogP contribution >= 0.6 is 0 Å². The Labute approximate surface area is 71.5 Å². The molecule has 0 saturated carbocycles. The molecule has 0 radical (unpaired) electrons. The maximum atomic E-state index is 10.2. The Kier molecular flexibility index (Phi) is 10.7. The van der Waals surface area contributed by atoms with E-state index in [1.807, 2.05) is 6.08 Å². The van der Waals surface area contributed by atoms with Gasteiger partial charge in [0, 0.05) is 5.57 Å². The molecule has 0 saturated heterocycles. The summed E-state index contributed by atoms with van der Waals surface area (Å²) in [6.07, 6.45) is 2.96. The summed E-state index contributed by atoms with van der Waals surface area (Å²) in [7, 11) is 0.460. The van der Waals surface area contributed by atoms with Gasteiger partial charge in [-0.15, -0.1) is 6.58 Å². The van der Waals surface area contributed by atoms with E-state index >= 15 is 0 Å². The average molecular weight is 172 g/mol. The second kappa shape index (κ2) is 9.17. The molecule has 0 fully saturated rings. The molecule has 3 heteroatoms. The minimum absolute atomic E-state index is 0.285. The zero-order valence-corrected chi connectivity index (χ0v) is 9.52. The van der Waals surface area contributed by atoms with Crippen LogP contribution in [0.3, 0.4) is 0 Å². The largest absolute Gasteiger partial charge is 0.526 e. The molecule has 0 unspecified atom stereocenters. The standard InChI is InChI=1S/C4H8O2Si.C4H8/c1-3(2)4(5)6-7;1-3-4-2/h1H2,2,7H3;3H,1,4H2,2H3. The van der Waals surface area contributed by atoms with E-state index in [0.717, 1.165) is 6.42 Å². The summed E-state index contributed by atoms with van der Waals surface area (Å²) in [6, 6.07) is 0. The molecule has 0 amide bonds. The molecule has 0 aliphatic heterocycles. The van der Waals surface area contributed by atoms with Crippen molar-refractivity contribution >= 4 is 16.5 Å². The monoisotopic (exact) mass is 172 g/mol. The van der Waals surface area contributed by atoms with Gasteiger partial charge in [0.2, 0.25) is 10.5 Å². The lowest BCUT2D eigenvalue weighted by Gasteiger charge is -1.92. The van der Waals surface area contributed by atoms with Crippen molar-refractivity contribution in [1.82, 2.24) is 0 Å². The summed E-state index contributed by atoms with van der Waals surface area (Å²) in [5, 5.41) is 0. The molecule has 0 aromatic heterocycles. The van der Waals surface area contributed by atoms with Crippen LogP contribution in [0.2, 0.25) is 0 Å². The van der Waals surface area contributed by atoms with E-state index in [0.29, 0.717) is 16.1 Å². The van der Waals surface area contributed by atoms with Crippen molar-refractivity contribution in [3.8, 4) is 0 Å². The fourth-order valence-electron chi connectivity index (χ4n) is 0.174. The van der Waals surface area contributed by atoms with Crippen LogP contribution in [0.5, 0.6) is 0 Å². The van der Waals surface area contributed by atoms with Crippen LogP contribution in [0.1, 0.15) is 20.3 Å². The van der Waals surface area contributed by atoms with Crippen molar-refractivity contribution in [1.29, 1.82) is 0 Å².